The number of rotatable bonds is 3. The van der Waals surface area contributed by atoms with Gasteiger partial charge in [0.2, 0.25) is 0 Å². The highest BCUT2D eigenvalue weighted by Gasteiger charge is 2.25. The number of carbonyl (C=O) groups excluding carboxylic acids is 1. The zero-order chi connectivity index (χ0) is 16.4. The largest absolute Gasteiger partial charge is 0.378 e. The lowest BCUT2D eigenvalue weighted by Crippen LogP contribution is -2.38. The van der Waals surface area contributed by atoms with Crippen LogP contribution in [0.15, 0.2) is 30.5 Å². The zero-order valence-electron chi connectivity index (χ0n) is 13.6. The van der Waals surface area contributed by atoms with Crippen molar-refractivity contribution in [2.24, 2.45) is 0 Å². The van der Waals surface area contributed by atoms with E-state index in [-0.39, 0.29) is 11.9 Å². The lowest BCUT2D eigenvalue weighted by atomic mass is 9.93. The predicted octanol–water partition coefficient (Wildman–Crippen LogP) is 2.05. The van der Waals surface area contributed by atoms with Crippen LogP contribution in [-0.2, 0) is 11.2 Å². The summed E-state index contributed by atoms with van der Waals surface area (Å²) in [6, 6.07) is 7.83. The number of aromatic nitrogens is 2. The molecule has 1 unspecified atom stereocenters. The number of morpholine rings is 1. The Balaban J connectivity index is 1.55. The number of aromatic amines is 1. The minimum Gasteiger partial charge on any atom is -0.378 e. The number of hydrogen-bond donors (Lipinski definition) is 2. The Labute approximate surface area is 141 Å². The van der Waals surface area contributed by atoms with Crippen molar-refractivity contribution in [3.8, 4) is 0 Å². The maximum Gasteiger partial charge on any atom is 0.253 e. The number of fused-ring (bicyclic) bond motifs is 1. The topological polar surface area (TPSA) is 70.2 Å². The highest BCUT2D eigenvalue weighted by Crippen LogP contribution is 2.29. The molecular formula is C18H22N4O2. The SMILES string of the molecule is O=C(NC1CCCc2cn[nH]c21)c1ccccc1N1CCOCC1. The molecule has 24 heavy (non-hydrogen) atoms. The van der Waals surface area contributed by atoms with Crippen molar-refractivity contribution >= 4 is 11.6 Å². The Morgan fingerprint density at radius 2 is 2.12 bits per heavy atom. The minimum atomic E-state index is -0.0236. The van der Waals surface area contributed by atoms with Gasteiger partial charge in [0.1, 0.15) is 0 Å². The average molecular weight is 326 g/mol. The summed E-state index contributed by atoms with van der Waals surface area (Å²) in [4.78, 5) is 15.1. The van der Waals surface area contributed by atoms with Crippen molar-refractivity contribution in [3.63, 3.8) is 0 Å². The summed E-state index contributed by atoms with van der Waals surface area (Å²) in [5.41, 5.74) is 3.98. The van der Waals surface area contributed by atoms with E-state index in [9.17, 15) is 4.79 Å². The number of amides is 1. The van der Waals surface area contributed by atoms with Gasteiger partial charge in [-0.05, 0) is 37.0 Å². The Bertz CT molecular complexity index is 721. The summed E-state index contributed by atoms with van der Waals surface area (Å²) in [5.74, 6) is -0.0236. The van der Waals surface area contributed by atoms with Crippen LogP contribution in [0, 0.1) is 0 Å². The van der Waals surface area contributed by atoms with Gasteiger partial charge in [0.25, 0.3) is 5.91 Å². The van der Waals surface area contributed by atoms with Crippen LogP contribution >= 0.6 is 0 Å². The van der Waals surface area contributed by atoms with Gasteiger partial charge in [-0.25, -0.2) is 0 Å². The zero-order valence-corrected chi connectivity index (χ0v) is 13.6. The number of nitrogens with one attached hydrogen (secondary N) is 2. The first-order valence-corrected chi connectivity index (χ1v) is 8.57. The highest BCUT2D eigenvalue weighted by molar-refractivity contribution is 6.00. The first-order chi connectivity index (χ1) is 11.8. The third-order valence-electron chi connectivity index (χ3n) is 4.84. The second kappa shape index (κ2) is 6.65. The van der Waals surface area contributed by atoms with E-state index in [1.807, 2.05) is 30.5 Å². The summed E-state index contributed by atoms with van der Waals surface area (Å²) < 4.78 is 5.42. The molecule has 2 aromatic rings. The van der Waals surface area contributed by atoms with E-state index in [1.54, 1.807) is 0 Å². The average Bonchev–Trinajstić information content (AvgIpc) is 3.12. The first kappa shape index (κ1) is 15.2. The van der Waals surface area contributed by atoms with Crippen LogP contribution in [0.2, 0.25) is 0 Å². The molecule has 6 nitrogen and oxygen atoms in total. The maximum atomic E-state index is 12.9. The molecule has 6 heteroatoms. The number of carbonyl (C=O) groups is 1. The number of para-hydroxylation sites is 1. The number of ether oxygens (including phenoxy) is 1. The molecule has 1 atom stereocenters. The fourth-order valence-corrected chi connectivity index (χ4v) is 3.59. The molecular weight excluding hydrogens is 304 g/mol. The molecule has 0 bridgehead atoms. The molecule has 0 radical (unpaired) electrons. The molecule has 1 aliphatic carbocycles. The summed E-state index contributed by atoms with van der Waals surface area (Å²) in [6.45, 7) is 3.04. The van der Waals surface area contributed by atoms with E-state index >= 15 is 0 Å². The number of aryl methyl sites for hydroxylation is 1. The summed E-state index contributed by atoms with van der Waals surface area (Å²) in [7, 11) is 0. The highest BCUT2D eigenvalue weighted by atomic mass is 16.5. The number of benzene rings is 1. The van der Waals surface area contributed by atoms with Gasteiger partial charge in [0.05, 0.1) is 36.7 Å². The van der Waals surface area contributed by atoms with Crippen LogP contribution in [0.25, 0.3) is 0 Å². The van der Waals surface area contributed by atoms with Gasteiger partial charge >= 0.3 is 0 Å². The molecule has 126 valence electrons. The molecule has 1 saturated heterocycles. The van der Waals surface area contributed by atoms with Crippen LogP contribution in [0.3, 0.4) is 0 Å². The molecule has 0 saturated carbocycles. The summed E-state index contributed by atoms with van der Waals surface area (Å²) >= 11 is 0. The fraction of sp³-hybridized carbons (Fsp3) is 0.444. The van der Waals surface area contributed by atoms with Crippen molar-refractivity contribution < 1.29 is 9.53 Å². The molecule has 0 spiro atoms. The van der Waals surface area contributed by atoms with Crippen LogP contribution in [-0.4, -0.2) is 42.4 Å². The number of hydrogen-bond acceptors (Lipinski definition) is 4. The molecule has 2 aliphatic rings. The van der Waals surface area contributed by atoms with Gasteiger partial charge in [0, 0.05) is 18.8 Å². The molecule has 1 amide bonds. The van der Waals surface area contributed by atoms with Crippen molar-refractivity contribution in [1.29, 1.82) is 0 Å². The van der Waals surface area contributed by atoms with Gasteiger partial charge in [-0.1, -0.05) is 12.1 Å². The van der Waals surface area contributed by atoms with Gasteiger partial charge in [0.15, 0.2) is 0 Å². The van der Waals surface area contributed by atoms with E-state index in [0.717, 1.165) is 49.3 Å². The quantitative estimate of drug-likeness (QED) is 0.906. The Morgan fingerprint density at radius 1 is 1.29 bits per heavy atom. The fourth-order valence-electron chi connectivity index (χ4n) is 3.59. The number of anilines is 1. The van der Waals surface area contributed by atoms with Crippen molar-refractivity contribution in [2.45, 2.75) is 25.3 Å². The van der Waals surface area contributed by atoms with E-state index in [0.29, 0.717) is 13.2 Å². The molecule has 4 rings (SSSR count). The van der Waals surface area contributed by atoms with Crippen LogP contribution in [0.1, 0.15) is 40.5 Å². The molecule has 1 fully saturated rings. The molecule has 1 aromatic carbocycles. The van der Waals surface area contributed by atoms with E-state index in [1.165, 1.54) is 5.56 Å². The van der Waals surface area contributed by atoms with Crippen LogP contribution < -0.4 is 10.2 Å². The smallest absolute Gasteiger partial charge is 0.253 e. The van der Waals surface area contributed by atoms with Crippen molar-refractivity contribution in [3.05, 3.63) is 47.3 Å². The number of H-pyrrole nitrogens is 1. The minimum absolute atomic E-state index is 0.0153. The second-order valence-electron chi connectivity index (χ2n) is 6.34. The van der Waals surface area contributed by atoms with Gasteiger partial charge in [-0.15, -0.1) is 0 Å². The summed E-state index contributed by atoms with van der Waals surface area (Å²) in [5, 5.41) is 10.4. The van der Waals surface area contributed by atoms with E-state index in [2.05, 4.69) is 20.4 Å². The lowest BCUT2D eigenvalue weighted by molar-refractivity contribution is 0.0930. The normalized spacial score (nSPS) is 20.5. The Morgan fingerprint density at radius 3 is 3.00 bits per heavy atom. The Kier molecular flexibility index (Phi) is 4.21. The third-order valence-corrected chi connectivity index (χ3v) is 4.84. The Hall–Kier alpha value is -2.34. The van der Waals surface area contributed by atoms with Crippen LogP contribution in [0.4, 0.5) is 5.69 Å². The molecule has 1 aromatic heterocycles. The number of nitrogens with zero attached hydrogens (tertiary/aromatic N) is 2. The maximum absolute atomic E-state index is 12.9. The third kappa shape index (κ3) is 2.89. The van der Waals surface area contributed by atoms with E-state index < -0.39 is 0 Å². The monoisotopic (exact) mass is 326 g/mol. The molecule has 2 heterocycles. The van der Waals surface area contributed by atoms with E-state index in [4.69, 9.17) is 4.74 Å². The standard InChI is InChI=1S/C18H22N4O2/c23-18(20-15-6-3-4-13-12-19-21-17(13)15)14-5-1-2-7-16(14)22-8-10-24-11-9-22/h1-2,5,7,12,15H,3-4,6,8-11H2,(H,19,21)(H,20,23). The molecule has 2 N–H and O–H groups in total. The van der Waals surface area contributed by atoms with Crippen LogP contribution in [0.5, 0.6) is 0 Å². The lowest BCUT2D eigenvalue weighted by Gasteiger charge is -2.31. The summed E-state index contributed by atoms with van der Waals surface area (Å²) in [6.07, 6.45) is 4.92. The van der Waals surface area contributed by atoms with Gasteiger partial charge in [-0.3, -0.25) is 9.89 Å². The predicted molar refractivity (Wildman–Crippen MR) is 91.2 cm³/mol. The van der Waals surface area contributed by atoms with Gasteiger partial charge in [-0.2, -0.15) is 5.10 Å². The first-order valence-electron chi connectivity index (χ1n) is 8.57. The molecule has 1 aliphatic heterocycles. The van der Waals surface area contributed by atoms with Gasteiger partial charge < -0.3 is 15.0 Å². The second-order valence-corrected chi connectivity index (χ2v) is 6.34. The van der Waals surface area contributed by atoms with Crippen molar-refractivity contribution in [2.75, 3.05) is 31.2 Å². The van der Waals surface area contributed by atoms with Crippen molar-refractivity contribution in [1.82, 2.24) is 15.5 Å².